The molecular weight excluding hydrogens is 252 g/mol. The van der Waals surface area contributed by atoms with Crippen molar-refractivity contribution in [3.63, 3.8) is 0 Å². The Hall–Kier alpha value is -2.00. The van der Waals surface area contributed by atoms with Gasteiger partial charge < -0.3 is 0 Å². The van der Waals surface area contributed by atoms with Crippen molar-refractivity contribution < 1.29 is 0 Å². The van der Waals surface area contributed by atoms with Gasteiger partial charge in [0.05, 0.1) is 0 Å². The van der Waals surface area contributed by atoms with Gasteiger partial charge in [0, 0.05) is 11.1 Å². The van der Waals surface area contributed by atoms with Crippen LogP contribution in [0.2, 0.25) is 0 Å². The number of rotatable bonds is 1. The molecule has 0 nitrogen and oxygen atoms in total. The Balaban J connectivity index is 1.74. The molecule has 0 unspecified atom stereocenters. The first kappa shape index (κ1) is 14.0. The first-order valence-corrected chi connectivity index (χ1v) is 8.00. The minimum absolute atomic E-state index is 0.775. The van der Waals surface area contributed by atoms with Crippen LogP contribution < -0.4 is 0 Å². The third-order valence-corrected chi connectivity index (χ3v) is 4.47. The van der Waals surface area contributed by atoms with Crippen LogP contribution in [0.15, 0.2) is 48.5 Å². The van der Waals surface area contributed by atoms with Gasteiger partial charge in [0.2, 0.25) is 0 Å². The van der Waals surface area contributed by atoms with Crippen molar-refractivity contribution in [1.82, 2.24) is 0 Å². The summed E-state index contributed by atoms with van der Waals surface area (Å²) in [6.07, 6.45) is 6.90. The molecule has 1 saturated carbocycles. The molecule has 0 N–H and O–H groups in total. The number of aryl methyl sites for hydroxylation is 1. The molecule has 0 atom stereocenters. The molecule has 0 amide bonds. The molecule has 3 rings (SSSR count). The van der Waals surface area contributed by atoms with E-state index >= 15 is 0 Å². The third-order valence-electron chi connectivity index (χ3n) is 4.47. The lowest BCUT2D eigenvalue weighted by Gasteiger charge is -2.21. The molecule has 106 valence electrons. The van der Waals surface area contributed by atoms with E-state index in [9.17, 15) is 0 Å². The van der Waals surface area contributed by atoms with Gasteiger partial charge in [0.25, 0.3) is 0 Å². The lowest BCUT2D eigenvalue weighted by atomic mass is 9.84. The van der Waals surface area contributed by atoms with E-state index in [1.165, 1.54) is 43.2 Å². The standard InChI is InChI=1S/C21H22/c1-17-7-5-6-8-19(17)14-11-18-12-15-21(16-13-18)20-9-3-2-4-10-20/h5-8,12-13,15-16,20H,2-4,9-10H2,1H3. The maximum absolute atomic E-state index is 3.28. The Labute approximate surface area is 128 Å². The third kappa shape index (κ3) is 3.56. The highest BCUT2D eigenvalue weighted by molar-refractivity contribution is 5.46. The average Bonchev–Trinajstić information content (AvgIpc) is 2.55. The second-order valence-corrected chi connectivity index (χ2v) is 6.02. The van der Waals surface area contributed by atoms with Gasteiger partial charge in [-0.05, 0) is 55.0 Å². The van der Waals surface area contributed by atoms with Crippen molar-refractivity contribution >= 4 is 0 Å². The molecule has 2 aromatic rings. The number of hydrogen-bond acceptors (Lipinski definition) is 0. The number of benzene rings is 2. The van der Waals surface area contributed by atoms with Crippen LogP contribution in [0, 0.1) is 18.8 Å². The molecule has 0 heterocycles. The van der Waals surface area contributed by atoms with E-state index < -0.39 is 0 Å². The highest BCUT2D eigenvalue weighted by Gasteiger charge is 2.14. The molecular formula is C21H22. The smallest absolute Gasteiger partial charge is 0.0278 e. The summed E-state index contributed by atoms with van der Waals surface area (Å²) < 4.78 is 0. The summed E-state index contributed by atoms with van der Waals surface area (Å²) in [5.41, 5.74) is 4.96. The predicted molar refractivity (Wildman–Crippen MR) is 89.4 cm³/mol. The van der Waals surface area contributed by atoms with Gasteiger partial charge in [0.1, 0.15) is 0 Å². The minimum Gasteiger partial charge on any atom is -0.0619 e. The van der Waals surface area contributed by atoms with E-state index in [2.05, 4.69) is 61.2 Å². The Morgan fingerprint density at radius 3 is 2.24 bits per heavy atom. The van der Waals surface area contributed by atoms with Gasteiger partial charge in [-0.3, -0.25) is 0 Å². The van der Waals surface area contributed by atoms with Crippen molar-refractivity contribution in [2.75, 3.05) is 0 Å². The Bertz CT molecular complexity index is 646. The molecule has 0 radical (unpaired) electrons. The van der Waals surface area contributed by atoms with Crippen LogP contribution in [0.4, 0.5) is 0 Å². The fourth-order valence-electron chi connectivity index (χ4n) is 3.13. The molecule has 0 saturated heterocycles. The first-order valence-electron chi connectivity index (χ1n) is 8.00. The van der Waals surface area contributed by atoms with Gasteiger partial charge in [-0.25, -0.2) is 0 Å². The summed E-state index contributed by atoms with van der Waals surface area (Å²) in [5.74, 6) is 7.34. The maximum atomic E-state index is 3.28. The van der Waals surface area contributed by atoms with Crippen molar-refractivity contribution in [3.05, 3.63) is 70.8 Å². The zero-order valence-corrected chi connectivity index (χ0v) is 12.7. The molecule has 1 aliphatic carbocycles. The van der Waals surface area contributed by atoms with Gasteiger partial charge in [-0.15, -0.1) is 0 Å². The fraction of sp³-hybridized carbons (Fsp3) is 0.333. The molecule has 0 bridgehead atoms. The van der Waals surface area contributed by atoms with Gasteiger partial charge >= 0.3 is 0 Å². The highest BCUT2D eigenvalue weighted by Crippen LogP contribution is 2.32. The molecule has 0 spiro atoms. The van der Waals surface area contributed by atoms with Crippen LogP contribution in [0.25, 0.3) is 0 Å². The summed E-state index contributed by atoms with van der Waals surface area (Å²) in [4.78, 5) is 0. The maximum Gasteiger partial charge on any atom is 0.0278 e. The Kier molecular flexibility index (Phi) is 4.41. The Morgan fingerprint density at radius 2 is 1.52 bits per heavy atom. The minimum atomic E-state index is 0.775. The number of hydrogen-bond donors (Lipinski definition) is 0. The van der Waals surface area contributed by atoms with E-state index in [0.29, 0.717) is 0 Å². The molecule has 21 heavy (non-hydrogen) atoms. The van der Waals surface area contributed by atoms with Gasteiger partial charge in [0.15, 0.2) is 0 Å². The largest absolute Gasteiger partial charge is 0.0619 e. The van der Waals surface area contributed by atoms with Crippen LogP contribution in [0.5, 0.6) is 0 Å². The lowest BCUT2D eigenvalue weighted by Crippen LogP contribution is -2.04. The zero-order valence-electron chi connectivity index (χ0n) is 12.7. The second-order valence-electron chi connectivity index (χ2n) is 6.02. The average molecular weight is 274 g/mol. The quantitative estimate of drug-likeness (QED) is 0.607. The summed E-state index contributed by atoms with van der Waals surface area (Å²) in [6.45, 7) is 2.11. The van der Waals surface area contributed by atoms with Crippen LogP contribution >= 0.6 is 0 Å². The van der Waals surface area contributed by atoms with E-state index in [1.54, 1.807) is 0 Å². The predicted octanol–water partition coefficient (Wildman–Crippen LogP) is 5.44. The lowest BCUT2D eigenvalue weighted by molar-refractivity contribution is 0.443. The van der Waals surface area contributed by atoms with Crippen LogP contribution in [-0.2, 0) is 0 Å². The van der Waals surface area contributed by atoms with E-state index in [1.807, 2.05) is 6.07 Å². The van der Waals surface area contributed by atoms with Crippen molar-refractivity contribution in [2.24, 2.45) is 0 Å². The fourth-order valence-corrected chi connectivity index (χ4v) is 3.13. The summed E-state index contributed by atoms with van der Waals surface area (Å²) >= 11 is 0. The van der Waals surface area contributed by atoms with Crippen molar-refractivity contribution in [1.29, 1.82) is 0 Å². The second kappa shape index (κ2) is 6.64. The topological polar surface area (TPSA) is 0 Å². The van der Waals surface area contributed by atoms with Gasteiger partial charge in [-0.2, -0.15) is 0 Å². The molecule has 0 aliphatic heterocycles. The van der Waals surface area contributed by atoms with Gasteiger partial charge in [-0.1, -0.05) is 61.4 Å². The van der Waals surface area contributed by atoms with E-state index in [0.717, 1.165) is 17.0 Å². The monoisotopic (exact) mass is 274 g/mol. The molecule has 0 heteroatoms. The van der Waals surface area contributed by atoms with Crippen molar-refractivity contribution in [3.8, 4) is 11.8 Å². The van der Waals surface area contributed by atoms with E-state index in [4.69, 9.17) is 0 Å². The summed E-state index contributed by atoms with van der Waals surface area (Å²) in [5, 5.41) is 0. The van der Waals surface area contributed by atoms with E-state index in [-0.39, 0.29) is 0 Å². The normalized spacial score (nSPS) is 15.3. The first-order chi connectivity index (χ1) is 10.3. The van der Waals surface area contributed by atoms with Crippen LogP contribution in [0.1, 0.15) is 60.3 Å². The summed E-state index contributed by atoms with van der Waals surface area (Å²) in [7, 11) is 0. The summed E-state index contributed by atoms with van der Waals surface area (Å²) in [6, 6.07) is 17.2. The zero-order chi connectivity index (χ0) is 14.5. The SMILES string of the molecule is Cc1ccccc1C#Cc1ccc(C2CCCCC2)cc1. The molecule has 2 aromatic carbocycles. The molecule has 1 aliphatic rings. The van der Waals surface area contributed by atoms with Crippen LogP contribution in [0.3, 0.4) is 0 Å². The molecule has 0 aromatic heterocycles. The Morgan fingerprint density at radius 1 is 0.810 bits per heavy atom. The van der Waals surface area contributed by atoms with Crippen molar-refractivity contribution in [2.45, 2.75) is 44.9 Å². The highest BCUT2D eigenvalue weighted by atomic mass is 14.2. The van der Waals surface area contributed by atoms with Crippen LogP contribution in [-0.4, -0.2) is 0 Å². The molecule has 1 fully saturated rings.